The maximum Gasteiger partial charge on any atom is 0.299 e. The van der Waals surface area contributed by atoms with E-state index in [1.54, 1.807) is 0 Å². The lowest BCUT2D eigenvalue weighted by Crippen LogP contribution is -2.39. The van der Waals surface area contributed by atoms with E-state index in [2.05, 4.69) is 0 Å². The van der Waals surface area contributed by atoms with E-state index in [1.807, 2.05) is 0 Å². The molecule has 0 saturated heterocycles. The van der Waals surface area contributed by atoms with Crippen molar-refractivity contribution in [3.8, 4) is 0 Å². The molecular weight excluding hydrogens is 296 g/mol. The molecule has 2 rings (SSSR count). The maximum absolute atomic E-state index is 11.1. The topological polar surface area (TPSA) is 129 Å². The molecule has 3 N–H and O–H groups in total. The fraction of sp³-hybridized carbons (Fsp3) is 0.200. The highest BCUT2D eigenvalue weighted by molar-refractivity contribution is 7.87. The van der Waals surface area contributed by atoms with Crippen molar-refractivity contribution in [2.75, 3.05) is 0 Å². The molecule has 1 unspecified atom stereocenters. The van der Waals surface area contributed by atoms with Crippen LogP contribution in [0.25, 0.3) is 6.08 Å². The van der Waals surface area contributed by atoms with E-state index in [1.165, 1.54) is 12.1 Å². The fourth-order valence-corrected chi connectivity index (χ4v) is 2.87. The molecule has 1 aromatic carbocycles. The molecule has 1 atom stereocenters. The first-order valence-corrected chi connectivity index (χ1v) is 7.90. The van der Waals surface area contributed by atoms with Gasteiger partial charge in [-0.05, 0) is 29.3 Å². The molecule has 1 aliphatic carbocycles. The average Bonchev–Trinajstić information content (AvgIpc) is 2.25. The number of rotatable bonds is 2. The van der Waals surface area contributed by atoms with Crippen LogP contribution in [0.1, 0.15) is 11.1 Å². The maximum atomic E-state index is 11.1. The second kappa shape index (κ2) is 4.12. The van der Waals surface area contributed by atoms with Crippen molar-refractivity contribution in [2.24, 2.45) is 0 Å². The van der Waals surface area contributed by atoms with Crippen molar-refractivity contribution in [1.29, 1.82) is 0 Å². The van der Waals surface area contributed by atoms with Crippen LogP contribution in [-0.4, -0.2) is 36.0 Å². The van der Waals surface area contributed by atoms with E-state index in [-0.39, 0.29) is 4.90 Å². The van der Waals surface area contributed by atoms with E-state index in [4.69, 9.17) is 9.11 Å². The molecular formula is C10H10O7S2. The van der Waals surface area contributed by atoms with E-state index in [0.29, 0.717) is 11.1 Å². The minimum atomic E-state index is -4.71. The molecule has 9 heteroatoms. The van der Waals surface area contributed by atoms with E-state index in [9.17, 15) is 21.9 Å². The predicted molar refractivity (Wildman–Crippen MR) is 65.5 cm³/mol. The Balaban J connectivity index is 2.53. The lowest BCUT2D eigenvalue weighted by molar-refractivity contribution is 0.160. The number of aliphatic hydroxyl groups is 1. The van der Waals surface area contributed by atoms with Gasteiger partial charge in [-0.3, -0.25) is 9.11 Å². The first-order chi connectivity index (χ1) is 8.53. The monoisotopic (exact) mass is 306 g/mol. The van der Waals surface area contributed by atoms with Crippen molar-refractivity contribution >= 4 is 26.3 Å². The Morgan fingerprint density at radius 1 is 1.11 bits per heavy atom. The second-order valence-corrected chi connectivity index (χ2v) is 7.24. The van der Waals surface area contributed by atoms with E-state index in [0.717, 1.165) is 18.2 Å². The van der Waals surface area contributed by atoms with Gasteiger partial charge in [0.25, 0.3) is 20.2 Å². The predicted octanol–water partition coefficient (Wildman–Crippen LogP) is 0.0790. The van der Waals surface area contributed by atoms with Crippen LogP contribution in [0.4, 0.5) is 0 Å². The summed E-state index contributed by atoms with van der Waals surface area (Å²) in [6.45, 7) is 0. The van der Waals surface area contributed by atoms with Gasteiger partial charge < -0.3 is 5.11 Å². The Labute approximate surface area is 109 Å². The molecule has 7 nitrogen and oxygen atoms in total. The summed E-state index contributed by atoms with van der Waals surface area (Å²) in [5, 5.41) is 9.79. The van der Waals surface area contributed by atoms with Gasteiger partial charge in [-0.25, -0.2) is 0 Å². The zero-order chi connectivity index (χ0) is 14.5. The summed E-state index contributed by atoms with van der Waals surface area (Å²) < 4.78 is 61.9. The molecule has 0 heterocycles. The molecule has 0 aliphatic heterocycles. The summed E-state index contributed by atoms with van der Waals surface area (Å²) in [6.07, 6.45) is 1.61. The standard InChI is InChI=1S/C10H10O7S2/c11-10(19(15,16)17)4-3-7-5-9(18(12,13)14)2-1-8(7)6-10/h1-5,11H,6H2,(H,12,13,14)(H,15,16,17). The van der Waals surface area contributed by atoms with E-state index < -0.39 is 31.6 Å². The molecule has 1 aliphatic rings. The smallest absolute Gasteiger partial charge is 0.299 e. The van der Waals surface area contributed by atoms with Crippen molar-refractivity contribution in [2.45, 2.75) is 16.2 Å². The zero-order valence-corrected chi connectivity index (χ0v) is 11.0. The minimum Gasteiger partial charge on any atom is -0.369 e. The van der Waals surface area contributed by atoms with Gasteiger partial charge in [0.05, 0.1) is 4.90 Å². The van der Waals surface area contributed by atoms with Crippen LogP contribution >= 0.6 is 0 Å². The Morgan fingerprint density at radius 2 is 1.74 bits per heavy atom. The molecule has 0 spiro atoms. The highest BCUT2D eigenvalue weighted by atomic mass is 32.2. The first-order valence-electron chi connectivity index (χ1n) is 5.02. The molecule has 0 aromatic heterocycles. The molecule has 0 amide bonds. The number of fused-ring (bicyclic) bond motifs is 1. The number of hydrogen-bond acceptors (Lipinski definition) is 5. The molecule has 0 saturated carbocycles. The third kappa shape index (κ3) is 2.55. The van der Waals surface area contributed by atoms with Gasteiger partial charge in [0.1, 0.15) is 0 Å². The van der Waals surface area contributed by atoms with Crippen LogP contribution in [0, 0.1) is 0 Å². The fourth-order valence-electron chi connectivity index (χ4n) is 1.78. The zero-order valence-electron chi connectivity index (χ0n) is 9.38. The Hall–Kier alpha value is -1.26. The van der Waals surface area contributed by atoms with E-state index >= 15 is 0 Å². The third-order valence-electron chi connectivity index (χ3n) is 2.83. The largest absolute Gasteiger partial charge is 0.369 e. The van der Waals surface area contributed by atoms with Crippen LogP contribution in [0.15, 0.2) is 29.2 Å². The highest BCUT2D eigenvalue weighted by Gasteiger charge is 2.40. The Kier molecular flexibility index (Phi) is 3.07. The average molecular weight is 306 g/mol. The van der Waals surface area contributed by atoms with Gasteiger partial charge in [0.15, 0.2) is 0 Å². The van der Waals surface area contributed by atoms with Crippen molar-refractivity contribution in [1.82, 2.24) is 0 Å². The summed E-state index contributed by atoms with van der Waals surface area (Å²) >= 11 is 0. The van der Waals surface area contributed by atoms with Crippen LogP contribution in [0.2, 0.25) is 0 Å². The molecule has 0 bridgehead atoms. The second-order valence-electron chi connectivity index (χ2n) is 4.17. The summed E-state index contributed by atoms with van der Waals surface area (Å²) in [5.41, 5.74) is 0.665. The van der Waals surface area contributed by atoms with Crippen LogP contribution in [-0.2, 0) is 26.7 Å². The van der Waals surface area contributed by atoms with Gasteiger partial charge in [-0.15, -0.1) is 0 Å². The van der Waals surface area contributed by atoms with Crippen molar-refractivity contribution < 1.29 is 31.0 Å². The van der Waals surface area contributed by atoms with Gasteiger partial charge in [-0.1, -0.05) is 12.1 Å². The summed E-state index contributed by atoms with van der Waals surface area (Å²) in [4.78, 5) is -2.77. The minimum absolute atomic E-state index is 0.329. The SMILES string of the molecule is O=S(=O)(O)c1ccc2c(c1)C=CC(O)(S(=O)(=O)O)C2. The van der Waals surface area contributed by atoms with Crippen LogP contribution in [0.3, 0.4) is 0 Å². The molecule has 1 aromatic rings. The third-order valence-corrected chi connectivity index (χ3v) is 4.85. The molecule has 0 fully saturated rings. The Morgan fingerprint density at radius 3 is 2.26 bits per heavy atom. The van der Waals surface area contributed by atoms with Crippen molar-refractivity contribution in [3.63, 3.8) is 0 Å². The quantitative estimate of drug-likeness (QED) is 0.660. The highest BCUT2D eigenvalue weighted by Crippen LogP contribution is 2.30. The van der Waals surface area contributed by atoms with Crippen molar-refractivity contribution in [3.05, 3.63) is 35.4 Å². The summed E-state index contributed by atoms with van der Waals surface area (Å²) in [7, 11) is -9.06. The molecule has 104 valence electrons. The lowest BCUT2D eigenvalue weighted by atomic mass is 9.95. The molecule has 19 heavy (non-hydrogen) atoms. The van der Waals surface area contributed by atoms with Gasteiger partial charge >= 0.3 is 0 Å². The van der Waals surface area contributed by atoms with Crippen LogP contribution in [0.5, 0.6) is 0 Å². The summed E-state index contributed by atoms with van der Waals surface area (Å²) in [5.74, 6) is 0. The van der Waals surface area contributed by atoms with Gasteiger partial charge in [0, 0.05) is 6.42 Å². The number of hydrogen-bond donors (Lipinski definition) is 3. The number of benzene rings is 1. The normalized spacial score (nSPS) is 23.1. The van der Waals surface area contributed by atoms with Crippen LogP contribution < -0.4 is 0 Å². The Bertz CT molecular complexity index is 761. The molecule has 0 radical (unpaired) electrons. The summed E-state index contributed by atoms with van der Waals surface area (Å²) in [6, 6.07) is 3.49. The van der Waals surface area contributed by atoms with Gasteiger partial charge in [-0.2, -0.15) is 16.8 Å². The lowest BCUT2D eigenvalue weighted by Gasteiger charge is -2.25. The van der Waals surface area contributed by atoms with Gasteiger partial charge in [0.2, 0.25) is 4.93 Å². The first kappa shape index (κ1) is 14.2.